The van der Waals surface area contributed by atoms with Gasteiger partial charge in [0.2, 0.25) is 11.8 Å². The second kappa shape index (κ2) is 8.20. The molecule has 1 aliphatic heterocycles. The molecule has 0 spiro atoms. The fourth-order valence-electron chi connectivity index (χ4n) is 3.52. The summed E-state index contributed by atoms with van der Waals surface area (Å²) in [4.78, 5) is 14.4. The molecule has 1 saturated heterocycles. The van der Waals surface area contributed by atoms with E-state index in [9.17, 15) is 4.79 Å². The molecular weight excluding hydrogens is 342 g/mol. The number of rotatable bonds is 6. The Balaban J connectivity index is 1.24. The minimum absolute atomic E-state index is 0.203. The van der Waals surface area contributed by atoms with Gasteiger partial charge in [0.15, 0.2) is 5.76 Å². The van der Waals surface area contributed by atoms with Crippen molar-refractivity contribution in [1.29, 1.82) is 0 Å². The van der Waals surface area contributed by atoms with Gasteiger partial charge in [-0.2, -0.15) is 0 Å². The smallest absolute Gasteiger partial charge is 0.283 e. The lowest BCUT2D eigenvalue weighted by Gasteiger charge is -2.30. The van der Waals surface area contributed by atoms with Gasteiger partial charge in [-0.05, 0) is 43.4 Å². The van der Waals surface area contributed by atoms with Crippen LogP contribution < -0.4 is 0 Å². The predicted octanol–water partition coefficient (Wildman–Crippen LogP) is 4.06. The van der Waals surface area contributed by atoms with Crippen LogP contribution in [-0.4, -0.2) is 34.1 Å². The van der Waals surface area contributed by atoms with E-state index in [4.69, 9.17) is 8.83 Å². The molecule has 0 atom stereocenters. The van der Waals surface area contributed by atoms with Crippen molar-refractivity contribution in [1.82, 2.24) is 15.1 Å². The summed E-state index contributed by atoms with van der Waals surface area (Å²) in [7, 11) is 0. The molecule has 0 N–H and O–H groups in total. The Morgan fingerprint density at radius 1 is 1.07 bits per heavy atom. The van der Waals surface area contributed by atoms with Gasteiger partial charge in [-0.3, -0.25) is 4.79 Å². The van der Waals surface area contributed by atoms with Crippen molar-refractivity contribution in [2.75, 3.05) is 13.1 Å². The van der Waals surface area contributed by atoms with Gasteiger partial charge in [-0.15, -0.1) is 10.2 Å². The molecular formula is C21H23N3O3. The van der Waals surface area contributed by atoms with E-state index in [0.29, 0.717) is 24.0 Å². The van der Waals surface area contributed by atoms with E-state index in [1.807, 2.05) is 23.1 Å². The number of nitrogens with zero attached hydrogens (tertiary/aromatic N) is 3. The molecule has 3 heterocycles. The molecule has 1 aliphatic rings. The molecule has 140 valence electrons. The van der Waals surface area contributed by atoms with Crippen molar-refractivity contribution in [2.24, 2.45) is 0 Å². The highest BCUT2D eigenvalue weighted by Gasteiger charge is 2.27. The lowest BCUT2D eigenvalue weighted by atomic mass is 9.96. The number of hydrogen-bond donors (Lipinski definition) is 0. The average Bonchev–Trinajstić information content (AvgIpc) is 3.41. The monoisotopic (exact) mass is 365 g/mol. The predicted molar refractivity (Wildman–Crippen MR) is 99.9 cm³/mol. The van der Waals surface area contributed by atoms with Gasteiger partial charge in [0.25, 0.3) is 5.89 Å². The Bertz CT molecular complexity index is 850. The highest BCUT2D eigenvalue weighted by Crippen LogP contribution is 2.29. The summed E-state index contributed by atoms with van der Waals surface area (Å²) in [6.07, 6.45) is 5.72. The molecule has 27 heavy (non-hydrogen) atoms. The number of benzene rings is 1. The van der Waals surface area contributed by atoms with Crippen LogP contribution in [0.5, 0.6) is 0 Å². The van der Waals surface area contributed by atoms with E-state index in [0.717, 1.165) is 38.8 Å². The maximum Gasteiger partial charge on any atom is 0.283 e. The molecule has 0 bridgehead atoms. The molecule has 0 radical (unpaired) electrons. The van der Waals surface area contributed by atoms with E-state index < -0.39 is 0 Å². The minimum atomic E-state index is 0.203. The van der Waals surface area contributed by atoms with Crippen LogP contribution in [0, 0.1) is 0 Å². The Hall–Kier alpha value is -2.89. The normalized spacial score (nSPS) is 15.2. The van der Waals surface area contributed by atoms with Gasteiger partial charge >= 0.3 is 0 Å². The number of carbonyl (C=O) groups excluding carboxylic acids is 1. The first-order valence-corrected chi connectivity index (χ1v) is 9.48. The first-order chi connectivity index (χ1) is 13.3. The molecule has 2 aromatic heterocycles. The summed E-state index contributed by atoms with van der Waals surface area (Å²) in [5.74, 6) is 2.08. The van der Waals surface area contributed by atoms with E-state index in [-0.39, 0.29) is 11.8 Å². The van der Waals surface area contributed by atoms with Crippen LogP contribution in [0.1, 0.15) is 43.1 Å². The van der Waals surface area contributed by atoms with Gasteiger partial charge < -0.3 is 13.7 Å². The van der Waals surface area contributed by atoms with Crippen molar-refractivity contribution in [2.45, 2.75) is 38.0 Å². The Morgan fingerprint density at radius 3 is 2.63 bits per heavy atom. The number of likely N-dealkylation sites (tertiary alicyclic amines) is 1. The molecule has 1 aromatic carbocycles. The Labute approximate surface area is 158 Å². The number of hydrogen-bond acceptors (Lipinski definition) is 5. The Kier molecular flexibility index (Phi) is 5.32. The summed E-state index contributed by atoms with van der Waals surface area (Å²) in [5, 5.41) is 8.24. The molecule has 3 aromatic rings. The van der Waals surface area contributed by atoms with Crippen LogP contribution in [0.15, 0.2) is 57.6 Å². The van der Waals surface area contributed by atoms with E-state index in [1.165, 1.54) is 5.56 Å². The van der Waals surface area contributed by atoms with Gasteiger partial charge in [0, 0.05) is 25.4 Å². The third kappa shape index (κ3) is 4.27. The van der Waals surface area contributed by atoms with E-state index in [1.54, 1.807) is 18.4 Å². The van der Waals surface area contributed by atoms with Gasteiger partial charge in [0.1, 0.15) is 0 Å². The van der Waals surface area contributed by atoms with Gasteiger partial charge in [-0.25, -0.2) is 0 Å². The second-order valence-corrected chi connectivity index (χ2v) is 6.92. The SMILES string of the molecule is O=C(CCCc1ccccc1)N1CCC(c2nnc(-c3ccco3)o2)CC1. The molecule has 4 rings (SSSR count). The van der Waals surface area contributed by atoms with E-state index >= 15 is 0 Å². The topological polar surface area (TPSA) is 72.4 Å². The van der Waals surface area contributed by atoms with Crippen molar-refractivity contribution >= 4 is 5.91 Å². The number of aryl methyl sites for hydroxylation is 1. The van der Waals surface area contributed by atoms with Crippen LogP contribution in [0.3, 0.4) is 0 Å². The molecule has 1 amide bonds. The second-order valence-electron chi connectivity index (χ2n) is 6.92. The quantitative estimate of drug-likeness (QED) is 0.659. The first kappa shape index (κ1) is 17.5. The zero-order valence-corrected chi connectivity index (χ0v) is 15.2. The zero-order chi connectivity index (χ0) is 18.5. The summed E-state index contributed by atoms with van der Waals surface area (Å²) in [5.41, 5.74) is 1.28. The zero-order valence-electron chi connectivity index (χ0n) is 15.2. The van der Waals surface area contributed by atoms with Crippen molar-refractivity contribution in [3.8, 4) is 11.7 Å². The van der Waals surface area contributed by atoms with Crippen LogP contribution in [-0.2, 0) is 11.2 Å². The highest BCUT2D eigenvalue weighted by atomic mass is 16.4. The maximum absolute atomic E-state index is 12.5. The highest BCUT2D eigenvalue weighted by molar-refractivity contribution is 5.76. The van der Waals surface area contributed by atoms with Crippen molar-refractivity contribution < 1.29 is 13.6 Å². The van der Waals surface area contributed by atoms with Crippen molar-refractivity contribution in [3.63, 3.8) is 0 Å². The summed E-state index contributed by atoms with van der Waals surface area (Å²) < 4.78 is 11.0. The third-order valence-electron chi connectivity index (χ3n) is 5.07. The van der Waals surface area contributed by atoms with Crippen LogP contribution in [0.4, 0.5) is 0 Å². The molecule has 1 fully saturated rings. The fourth-order valence-corrected chi connectivity index (χ4v) is 3.52. The molecule has 0 aliphatic carbocycles. The van der Waals surface area contributed by atoms with Crippen LogP contribution in [0.25, 0.3) is 11.7 Å². The standard InChI is InChI=1S/C21H23N3O3/c25-19(10-4-8-16-6-2-1-3-7-16)24-13-11-17(12-14-24)20-22-23-21(27-20)18-9-5-15-26-18/h1-3,5-7,9,15,17H,4,8,10-14H2. The van der Waals surface area contributed by atoms with Gasteiger partial charge in [0.05, 0.1) is 6.26 Å². The van der Waals surface area contributed by atoms with Gasteiger partial charge in [-0.1, -0.05) is 30.3 Å². The molecule has 0 unspecified atom stereocenters. The molecule has 0 saturated carbocycles. The molecule has 6 nitrogen and oxygen atoms in total. The largest absolute Gasteiger partial charge is 0.459 e. The average molecular weight is 365 g/mol. The molecule has 6 heteroatoms. The number of amides is 1. The van der Waals surface area contributed by atoms with Crippen molar-refractivity contribution in [3.05, 3.63) is 60.2 Å². The summed E-state index contributed by atoms with van der Waals surface area (Å²) in [6, 6.07) is 13.9. The first-order valence-electron chi connectivity index (χ1n) is 9.48. The fraction of sp³-hybridized carbons (Fsp3) is 0.381. The number of furan rings is 1. The van der Waals surface area contributed by atoms with E-state index in [2.05, 4.69) is 22.3 Å². The van der Waals surface area contributed by atoms with Crippen LogP contribution in [0.2, 0.25) is 0 Å². The Morgan fingerprint density at radius 2 is 1.89 bits per heavy atom. The lowest BCUT2D eigenvalue weighted by molar-refractivity contribution is -0.132. The number of aromatic nitrogens is 2. The van der Waals surface area contributed by atoms with Crippen LogP contribution >= 0.6 is 0 Å². The lowest BCUT2D eigenvalue weighted by Crippen LogP contribution is -2.37. The number of piperidine rings is 1. The maximum atomic E-state index is 12.5. The summed E-state index contributed by atoms with van der Waals surface area (Å²) in [6.45, 7) is 1.49. The number of carbonyl (C=O) groups is 1. The minimum Gasteiger partial charge on any atom is -0.459 e. The summed E-state index contributed by atoms with van der Waals surface area (Å²) >= 11 is 0. The third-order valence-corrected chi connectivity index (χ3v) is 5.07.